The van der Waals surface area contributed by atoms with E-state index in [1.54, 1.807) is 6.07 Å². The molecule has 2 rings (SSSR count). The second-order valence-corrected chi connectivity index (χ2v) is 5.48. The molecule has 0 radical (unpaired) electrons. The Morgan fingerprint density at radius 1 is 1.15 bits per heavy atom. The van der Waals surface area contributed by atoms with Crippen molar-refractivity contribution >= 4 is 11.6 Å². The molecule has 0 aromatic heterocycles. The summed E-state index contributed by atoms with van der Waals surface area (Å²) < 4.78 is 19.3. The summed E-state index contributed by atoms with van der Waals surface area (Å²) in [5.41, 5.74) is 2.92. The molecule has 0 fully saturated rings. The van der Waals surface area contributed by atoms with Gasteiger partial charge in [0.2, 0.25) is 0 Å². The molecule has 3 heteroatoms. The molecule has 0 aliphatic rings. The normalized spacial score (nSPS) is 10.9. The third kappa shape index (κ3) is 3.51. The minimum Gasteiger partial charge on any atom is -0.457 e. The van der Waals surface area contributed by atoms with Gasteiger partial charge < -0.3 is 4.74 Å². The van der Waals surface area contributed by atoms with E-state index < -0.39 is 0 Å². The smallest absolute Gasteiger partial charge is 0.130 e. The number of ether oxygens (including phenoxy) is 1. The molecule has 0 bridgehead atoms. The number of benzene rings is 2. The van der Waals surface area contributed by atoms with E-state index in [0.717, 1.165) is 11.3 Å². The van der Waals surface area contributed by atoms with Crippen LogP contribution in [0.25, 0.3) is 0 Å². The third-order valence-corrected chi connectivity index (χ3v) is 3.50. The standard InChI is InChI=1S/C17H18ClFO/c1-11(2)14-5-4-12(3)17(8-14)20-16-7-13(10-18)6-15(19)9-16/h4-9,11H,10H2,1-3H3. The van der Waals surface area contributed by atoms with Crippen molar-refractivity contribution in [2.75, 3.05) is 0 Å². The van der Waals surface area contributed by atoms with Gasteiger partial charge in [0.15, 0.2) is 0 Å². The molecule has 106 valence electrons. The van der Waals surface area contributed by atoms with Gasteiger partial charge in [0, 0.05) is 11.9 Å². The minimum atomic E-state index is -0.337. The van der Waals surface area contributed by atoms with Gasteiger partial charge in [-0.3, -0.25) is 0 Å². The van der Waals surface area contributed by atoms with E-state index in [2.05, 4.69) is 19.9 Å². The summed E-state index contributed by atoms with van der Waals surface area (Å²) in [6.07, 6.45) is 0. The average molecular weight is 293 g/mol. The van der Waals surface area contributed by atoms with Gasteiger partial charge in [-0.05, 0) is 47.7 Å². The van der Waals surface area contributed by atoms with Crippen LogP contribution >= 0.6 is 11.6 Å². The quantitative estimate of drug-likeness (QED) is 0.648. The SMILES string of the molecule is Cc1ccc(C(C)C)cc1Oc1cc(F)cc(CCl)c1. The summed E-state index contributed by atoms with van der Waals surface area (Å²) in [7, 11) is 0. The highest BCUT2D eigenvalue weighted by Gasteiger charge is 2.08. The summed E-state index contributed by atoms with van der Waals surface area (Å²) in [5, 5.41) is 0. The highest BCUT2D eigenvalue weighted by Crippen LogP contribution is 2.30. The van der Waals surface area contributed by atoms with Crippen molar-refractivity contribution in [3.63, 3.8) is 0 Å². The summed E-state index contributed by atoms with van der Waals surface area (Å²) in [6.45, 7) is 6.23. The Morgan fingerprint density at radius 2 is 1.90 bits per heavy atom. The van der Waals surface area contributed by atoms with E-state index in [0.29, 0.717) is 17.2 Å². The Labute approximate surface area is 124 Å². The van der Waals surface area contributed by atoms with Gasteiger partial charge in [0.1, 0.15) is 17.3 Å². The molecular weight excluding hydrogens is 275 g/mol. The number of rotatable bonds is 4. The molecule has 20 heavy (non-hydrogen) atoms. The summed E-state index contributed by atoms with van der Waals surface area (Å²) in [4.78, 5) is 0. The van der Waals surface area contributed by atoms with Crippen LogP contribution in [-0.4, -0.2) is 0 Å². The van der Waals surface area contributed by atoms with E-state index in [4.69, 9.17) is 16.3 Å². The van der Waals surface area contributed by atoms with Crippen LogP contribution in [0.3, 0.4) is 0 Å². The summed E-state index contributed by atoms with van der Waals surface area (Å²) >= 11 is 5.75. The molecule has 0 N–H and O–H groups in total. The molecule has 0 spiro atoms. The zero-order chi connectivity index (χ0) is 14.7. The average Bonchev–Trinajstić information content (AvgIpc) is 2.40. The van der Waals surface area contributed by atoms with Crippen LogP contribution in [-0.2, 0) is 5.88 Å². The molecule has 0 aliphatic heterocycles. The predicted molar refractivity (Wildman–Crippen MR) is 81.3 cm³/mol. The van der Waals surface area contributed by atoms with Crippen LogP contribution in [0.15, 0.2) is 36.4 Å². The summed E-state index contributed by atoms with van der Waals surface area (Å²) in [6, 6.07) is 10.7. The highest BCUT2D eigenvalue weighted by molar-refractivity contribution is 6.17. The van der Waals surface area contributed by atoms with Crippen molar-refractivity contribution in [2.45, 2.75) is 32.6 Å². The van der Waals surface area contributed by atoms with Gasteiger partial charge in [0.05, 0.1) is 0 Å². The van der Waals surface area contributed by atoms with Crippen molar-refractivity contribution in [3.05, 3.63) is 58.9 Å². The Morgan fingerprint density at radius 3 is 2.55 bits per heavy atom. The molecule has 0 amide bonds. The van der Waals surface area contributed by atoms with Crippen LogP contribution in [0.5, 0.6) is 11.5 Å². The van der Waals surface area contributed by atoms with Crippen LogP contribution in [0.2, 0.25) is 0 Å². The van der Waals surface area contributed by atoms with E-state index in [1.807, 2.05) is 19.1 Å². The predicted octanol–water partition coefficient (Wildman–Crippen LogP) is 5.79. The molecule has 0 heterocycles. The number of hydrogen-bond acceptors (Lipinski definition) is 1. The largest absolute Gasteiger partial charge is 0.457 e. The molecular formula is C17H18ClFO. The Kier molecular flexibility index (Phi) is 4.66. The molecule has 2 aromatic rings. The highest BCUT2D eigenvalue weighted by atomic mass is 35.5. The lowest BCUT2D eigenvalue weighted by molar-refractivity contribution is 0.471. The number of halogens is 2. The Hall–Kier alpha value is -1.54. The van der Waals surface area contributed by atoms with E-state index in [9.17, 15) is 4.39 Å². The van der Waals surface area contributed by atoms with Crippen molar-refractivity contribution in [2.24, 2.45) is 0 Å². The summed E-state index contributed by atoms with van der Waals surface area (Å²) in [5.74, 6) is 1.57. The number of hydrogen-bond donors (Lipinski definition) is 0. The van der Waals surface area contributed by atoms with Gasteiger partial charge in [-0.1, -0.05) is 26.0 Å². The zero-order valence-electron chi connectivity index (χ0n) is 11.9. The van der Waals surface area contributed by atoms with Gasteiger partial charge in [-0.2, -0.15) is 0 Å². The second kappa shape index (κ2) is 6.27. The van der Waals surface area contributed by atoms with Gasteiger partial charge in [0.25, 0.3) is 0 Å². The van der Waals surface area contributed by atoms with Crippen molar-refractivity contribution < 1.29 is 9.13 Å². The van der Waals surface area contributed by atoms with Crippen molar-refractivity contribution in [1.29, 1.82) is 0 Å². The van der Waals surface area contributed by atoms with Crippen LogP contribution in [0.4, 0.5) is 4.39 Å². The lowest BCUT2D eigenvalue weighted by atomic mass is 10.0. The number of alkyl halides is 1. The van der Waals surface area contributed by atoms with Gasteiger partial charge >= 0.3 is 0 Å². The fourth-order valence-corrected chi connectivity index (χ4v) is 2.12. The van der Waals surface area contributed by atoms with Crippen LogP contribution < -0.4 is 4.74 Å². The van der Waals surface area contributed by atoms with Crippen LogP contribution in [0, 0.1) is 12.7 Å². The second-order valence-electron chi connectivity index (χ2n) is 5.21. The first-order valence-corrected chi connectivity index (χ1v) is 7.17. The van der Waals surface area contributed by atoms with Crippen molar-refractivity contribution in [3.8, 4) is 11.5 Å². The van der Waals surface area contributed by atoms with Gasteiger partial charge in [-0.25, -0.2) is 4.39 Å². The minimum absolute atomic E-state index is 0.263. The maximum atomic E-state index is 13.5. The first-order chi connectivity index (χ1) is 9.49. The number of aryl methyl sites for hydroxylation is 1. The molecule has 2 aromatic carbocycles. The first kappa shape index (κ1) is 14.9. The molecule has 0 unspecified atom stereocenters. The third-order valence-electron chi connectivity index (χ3n) is 3.19. The van der Waals surface area contributed by atoms with Crippen molar-refractivity contribution in [1.82, 2.24) is 0 Å². The maximum absolute atomic E-state index is 13.5. The first-order valence-electron chi connectivity index (χ1n) is 6.63. The molecule has 0 saturated heterocycles. The topological polar surface area (TPSA) is 9.23 Å². The van der Waals surface area contributed by atoms with Crippen LogP contribution in [0.1, 0.15) is 36.5 Å². The molecule has 1 nitrogen and oxygen atoms in total. The van der Waals surface area contributed by atoms with E-state index in [-0.39, 0.29) is 11.7 Å². The fraction of sp³-hybridized carbons (Fsp3) is 0.294. The Bertz CT molecular complexity index is 608. The van der Waals surface area contributed by atoms with E-state index in [1.165, 1.54) is 17.7 Å². The molecule has 0 atom stereocenters. The maximum Gasteiger partial charge on any atom is 0.130 e. The molecule has 0 saturated carbocycles. The Balaban J connectivity index is 2.34. The monoisotopic (exact) mass is 292 g/mol. The lowest BCUT2D eigenvalue weighted by Gasteiger charge is -2.13. The van der Waals surface area contributed by atoms with Gasteiger partial charge in [-0.15, -0.1) is 11.6 Å². The molecule has 0 aliphatic carbocycles. The fourth-order valence-electron chi connectivity index (χ4n) is 1.97. The van der Waals surface area contributed by atoms with E-state index >= 15 is 0 Å². The lowest BCUT2D eigenvalue weighted by Crippen LogP contribution is -1.93. The zero-order valence-corrected chi connectivity index (χ0v) is 12.7.